The summed E-state index contributed by atoms with van der Waals surface area (Å²) in [6.45, 7) is 4.29. The molecule has 1 aliphatic heterocycles. The second-order valence-electron chi connectivity index (χ2n) is 6.42. The maximum atomic E-state index is 13.0. The van der Waals surface area contributed by atoms with Crippen LogP contribution in [0.3, 0.4) is 0 Å². The summed E-state index contributed by atoms with van der Waals surface area (Å²) in [5, 5.41) is 7.86. The third-order valence-electron chi connectivity index (χ3n) is 4.59. The molecule has 1 saturated heterocycles. The van der Waals surface area contributed by atoms with Crippen molar-refractivity contribution >= 4 is 18.3 Å². The van der Waals surface area contributed by atoms with E-state index in [0.717, 1.165) is 24.3 Å². The fourth-order valence-corrected chi connectivity index (χ4v) is 3.20. The molecule has 0 saturated carbocycles. The Morgan fingerprint density at radius 2 is 1.74 bits per heavy atom. The Bertz CT molecular complexity index is 840. The Morgan fingerprint density at radius 3 is 2.41 bits per heavy atom. The highest BCUT2D eigenvalue weighted by atomic mass is 35.5. The number of hydrogen-bond acceptors (Lipinski definition) is 4. The monoisotopic (exact) mass is 383 g/mol. The Balaban J connectivity index is 0.00000210. The van der Waals surface area contributed by atoms with E-state index >= 15 is 0 Å². The van der Waals surface area contributed by atoms with E-state index < -0.39 is 0 Å². The lowest BCUT2D eigenvalue weighted by atomic mass is 10.2. The molecule has 1 amide bonds. The molecule has 4 rings (SSSR count). The molecule has 0 spiro atoms. The van der Waals surface area contributed by atoms with E-state index in [9.17, 15) is 4.79 Å². The first kappa shape index (κ1) is 19.1. The Morgan fingerprint density at radius 1 is 1.07 bits per heavy atom. The van der Waals surface area contributed by atoms with Crippen LogP contribution in [0.15, 0.2) is 60.7 Å². The van der Waals surface area contributed by atoms with Crippen LogP contribution in [0, 0.1) is 0 Å². The summed E-state index contributed by atoms with van der Waals surface area (Å²) in [7, 11) is 0. The van der Waals surface area contributed by atoms with Gasteiger partial charge in [0.1, 0.15) is 0 Å². The van der Waals surface area contributed by atoms with Gasteiger partial charge >= 0.3 is 0 Å². The van der Waals surface area contributed by atoms with E-state index in [1.54, 1.807) is 4.68 Å². The van der Waals surface area contributed by atoms with Gasteiger partial charge in [-0.2, -0.15) is 0 Å². The number of nitrogens with one attached hydrogen (secondary N) is 1. The number of para-hydroxylation sites is 1. The lowest BCUT2D eigenvalue weighted by Gasteiger charge is -2.33. The summed E-state index contributed by atoms with van der Waals surface area (Å²) in [6, 6.07) is 19.7. The number of benzene rings is 2. The number of piperazine rings is 1. The van der Waals surface area contributed by atoms with Crippen molar-refractivity contribution in [1.82, 2.24) is 25.0 Å². The summed E-state index contributed by atoms with van der Waals surface area (Å²) in [5.41, 5.74) is 1.81. The largest absolute Gasteiger partial charge is 0.331 e. The quantitative estimate of drug-likeness (QED) is 0.755. The van der Waals surface area contributed by atoms with Gasteiger partial charge in [0.15, 0.2) is 5.82 Å². The van der Waals surface area contributed by atoms with Gasteiger partial charge in [0.2, 0.25) is 5.82 Å². The number of amides is 1. The summed E-state index contributed by atoms with van der Waals surface area (Å²) in [6.07, 6.45) is 0. The molecule has 1 fully saturated rings. The minimum absolute atomic E-state index is 0. The van der Waals surface area contributed by atoms with Crippen molar-refractivity contribution in [3.8, 4) is 17.1 Å². The molecule has 0 unspecified atom stereocenters. The van der Waals surface area contributed by atoms with Crippen molar-refractivity contribution in [3.05, 3.63) is 66.5 Å². The number of rotatable bonds is 3. The lowest BCUT2D eigenvalue weighted by molar-refractivity contribution is 0.0643. The topological polar surface area (TPSA) is 63.1 Å². The molecule has 2 heterocycles. The molecular formula is C20H22ClN5O. The lowest BCUT2D eigenvalue weighted by Crippen LogP contribution is -2.52. The molecular weight excluding hydrogens is 362 g/mol. The maximum absolute atomic E-state index is 13.0. The van der Waals surface area contributed by atoms with Crippen molar-refractivity contribution in [2.45, 2.75) is 13.0 Å². The zero-order valence-corrected chi connectivity index (χ0v) is 15.9. The van der Waals surface area contributed by atoms with Crippen LogP contribution in [-0.4, -0.2) is 51.2 Å². The second-order valence-corrected chi connectivity index (χ2v) is 6.42. The standard InChI is InChI=1S/C20H21N5O.ClH/c1-15-14-21-12-13-24(15)20(26)18-22-19(16-8-4-2-5-9-16)25(23-18)17-10-6-3-7-11-17;/h2-11,15,21H,12-14H2,1H3;1H/t15-;/m1./s1. The molecule has 1 aromatic heterocycles. The predicted molar refractivity (Wildman–Crippen MR) is 107 cm³/mol. The van der Waals surface area contributed by atoms with Gasteiger partial charge in [-0.05, 0) is 19.1 Å². The highest BCUT2D eigenvalue weighted by Gasteiger charge is 2.28. The number of carbonyl (C=O) groups excluding carboxylic acids is 1. The Labute approximate surface area is 164 Å². The molecule has 2 aromatic carbocycles. The van der Waals surface area contributed by atoms with E-state index in [-0.39, 0.29) is 30.2 Å². The van der Waals surface area contributed by atoms with Gasteiger partial charge in [-0.1, -0.05) is 48.5 Å². The van der Waals surface area contributed by atoms with Crippen LogP contribution in [-0.2, 0) is 0 Å². The molecule has 0 bridgehead atoms. The average Bonchev–Trinajstić information content (AvgIpc) is 3.15. The molecule has 7 heteroatoms. The smallest absolute Gasteiger partial charge is 0.293 e. The molecule has 3 aromatic rings. The molecule has 0 radical (unpaired) electrons. The predicted octanol–water partition coefficient (Wildman–Crippen LogP) is 2.79. The maximum Gasteiger partial charge on any atom is 0.293 e. The average molecular weight is 384 g/mol. The molecule has 140 valence electrons. The van der Waals surface area contributed by atoms with Gasteiger partial charge in [-0.15, -0.1) is 17.5 Å². The third-order valence-corrected chi connectivity index (χ3v) is 4.59. The van der Waals surface area contributed by atoms with Crippen molar-refractivity contribution in [2.24, 2.45) is 0 Å². The molecule has 1 N–H and O–H groups in total. The molecule has 1 atom stereocenters. The van der Waals surface area contributed by atoms with Gasteiger partial charge in [-0.3, -0.25) is 4.79 Å². The number of nitrogens with zero attached hydrogens (tertiary/aromatic N) is 4. The fraction of sp³-hybridized carbons (Fsp3) is 0.250. The van der Waals surface area contributed by atoms with E-state index in [0.29, 0.717) is 12.4 Å². The molecule has 6 nitrogen and oxygen atoms in total. The van der Waals surface area contributed by atoms with Gasteiger partial charge in [0.05, 0.1) is 5.69 Å². The second kappa shape index (κ2) is 8.33. The number of halogens is 1. The third kappa shape index (κ3) is 3.86. The van der Waals surface area contributed by atoms with Crippen molar-refractivity contribution in [1.29, 1.82) is 0 Å². The minimum Gasteiger partial charge on any atom is -0.331 e. The first-order chi connectivity index (χ1) is 12.7. The number of aromatic nitrogens is 3. The van der Waals surface area contributed by atoms with Gasteiger partial charge in [-0.25, -0.2) is 9.67 Å². The SMILES string of the molecule is C[C@@H]1CNCCN1C(=O)c1nc(-c2ccccc2)n(-c2ccccc2)n1.Cl. The normalized spacial score (nSPS) is 16.6. The van der Waals surface area contributed by atoms with Crippen LogP contribution in [0.2, 0.25) is 0 Å². The first-order valence-electron chi connectivity index (χ1n) is 8.83. The molecule has 0 aliphatic carbocycles. The van der Waals surface area contributed by atoms with Crippen LogP contribution < -0.4 is 5.32 Å². The van der Waals surface area contributed by atoms with Crippen molar-refractivity contribution < 1.29 is 4.79 Å². The van der Waals surface area contributed by atoms with Crippen LogP contribution in [0.1, 0.15) is 17.5 Å². The Kier molecular flexibility index (Phi) is 5.88. The number of carbonyl (C=O) groups is 1. The summed E-state index contributed by atoms with van der Waals surface area (Å²) < 4.78 is 1.75. The van der Waals surface area contributed by atoms with E-state index in [4.69, 9.17) is 0 Å². The fourth-order valence-electron chi connectivity index (χ4n) is 3.20. The zero-order valence-electron chi connectivity index (χ0n) is 15.1. The first-order valence-corrected chi connectivity index (χ1v) is 8.83. The summed E-state index contributed by atoms with van der Waals surface area (Å²) in [5.74, 6) is 0.787. The number of hydrogen-bond donors (Lipinski definition) is 1. The Hall–Kier alpha value is -2.70. The van der Waals surface area contributed by atoms with Crippen molar-refractivity contribution in [3.63, 3.8) is 0 Å². The summed E-state index contributed by atoms with van der Waals surface area (Å²) in [4.78, 5) is 19.4. The van der Waals surface area contributed by atoms with Gasteiger partial charge < -0.3 is 10.2 Å². The highest BCUT2D eigenvalue weighted by molar-refractivity contribution is 5.91. The zero-order chi connectivity index (χ0) is 17.9. The van der Waals surface area contributed by atoms with Gasteiger partial charge in [0.25, 0.3) is 5.91 Å². The van der Waals surface area contributed by atoms with Crippen LogP contribution in [0.25, 0.3) is 17.1 Å². The highest BCUT2D eigenvalue weighted by Crippen LogP contribution is 2.22. The van der Waals surface area contributed by atoms with Crippen LogP contribution in [0.5, 0.6) is 0 Å². The van der Waals surface area contributed by atoms with E-state index in [1.165, 1.54) is 0 Å². The molecule has 1 aliphatic rings. The van der Waals surface area contributed by atoms with Crippen molar-refractivity contribution in [2.75, 3.05) is 19.6 Å². The van der Waals surface area contributed by atoms with Crippen LogP contribution in [0.4, 0.5) is 0 Å². The summed E-state index contributed by atoms with van der Waals surface area (Å²) >= 11 is 0. The van der Waals surface area contributed by atoms with Crippen LogP contribution >= 0.6 is 12.4 Å². The van der Waals surface area contributed by atoms with E-state index in [2.05, 4.69) is 15.4 Å². The molecule has 27 heavy (non-hydrogen) atoms. The minimum atomic E-state index is -0.120. The van der Waals surface area contributed by atoms with Gasteiger partial charge in [0, 0.05) is 31.2 Å². The van der Waals surface area contributed by atoms with E-state index in [1.807, 2.05) is 72.5 Å².